The molecular formula is C39H61N7O6. The molecule has 5 amide bonds. The number of amides is 5. The first-order valence-corrected chi connectivity index (χ1v) is 18.6. The van der Waals surface area contributed by atoms with Crippen LogP contribution in [0, 0.1) is 29.1 Å². The molecule has 52 heavy (non-hydrogen) atoms. The first kappa shape index (κ1) is 42.2. The Bertz CT molecular complexity index is 1430. The van der Waals surface area contributed by atoms with Crippen LogP contribution in [0.25, 0.3) is 0 Å². The highest BCUT2D eigenvalue weighted by molar-refractivity contribution is 6.38. The summed E-state index contributed by atoms with van der Waals surface area (Å²) < 4.78 is 0. The molecule has 0 aromatic rings. The largest absolute Gasteiger partial charge is 0.375 e. The molecule has 3 rings (SSSR count). The van der Waals surface area contributed by atoms with Gasteiger partial charge in [0.25, 0.3) is 5.91 Å². The van der Waals surface area contributed by atoms with Gasteiger partial charge in [0.05, 0.1) is 19.0 Å². The molecule has 2 aliphatic carbocycles. The van der Waals surface area contributed by atoms with Crippen LogP contribution in [0.5, 0.6) is 0 Å². The van der Waals surface area contributed by atoms with Gasteiger partial charge in [0.2, 0.25) is 17.6 Å². The zero-order chi connectivity index (χ0) is 38.8. The van der Waals surface area contributed by atoms with Gasteiger partial charge in [0.15, 0.2) is 5.78 Å². The molecule has 1 aliphatic heterocycles. The smallest absolute Gasteiger partial charge is 0.315 e. The lowest BCUT2D eigenvalue weighted by atomic mass is 9.74. The predicted octanol–water partition coefficient (Wildman–Crippen LogP) is 2.42. The van der Waals surface area contributed by atoms with Crippen molar-refractivity contribution < 1.29 is 28.8 Å². The second kappa shape index (κ2) is 18.5. The van der Waals surface area contributed by atoms with E-state index in [-0.39, 0.29) is 54.1 Å². The minimum Gasteiger partial charge on any atom is -0.375 e. The Morgan fingerprint density at radius 1 is 1.00 bits per heavy atom. The average molecular weight is 724 g/mol. The fourth-order valence-corrected chi connectivity index (χ4v) is 7.33. The molecule has 3 unspecified atom stereocenters. The second-order valence-corrected chi connectivity index (χ2v) is 16.4. The van der Waals surface area contributed by atoms with E-state index in [1.807, 2.05) is 48.6 Å². The highest BCUT2D eigenvalue weighted by atomic mass is 16.2. The van der Waals surface area contributed by atoms with Crippen molar-refractivity contribution in [1.29, 1.82) is 0 Å². The van der Waals surface area contributed by atoms with E-state index in [1.165, 1.54) is 11.0 Å². The number of likely N-dealkylation sites (tertiary alicyclic amines) is 1. The molecule has 1 saturated carbocycles. The van der Waals surface area contributed by atoms with Crippen LogP contribution in [-0.4, -0.2) is 109 Å². The molecule has 5 N–H and O–H groups in total. The summed E-state index contributed by atoms with van der Waals surface area (Å²) in [5.41, 5.74) is 1.16. The van der Waals surface area contributed by atoms with Gasteiger partial charge in [-0.05, 0) is 42.4 Å². The van der Waals surface area contributed by atoms with E-state index in [9.17, 15) is 28.8 Å². The minimum atomic E-state index is -1.21. The Morgan fingerprint density at radius 2 is 1.67 bits per heavy atom. The number of rotatable bonds is 16. The maximum Gasteiger partial charge on any atom is 0.315 e. The topological polar surface area (TPSA) is 169 Å². The zero-order valence-electron chi connectivity index (χ0n) is 32.3. The Kier molecular flexibility index (Phi) is 15.1. The molecule has 3 aliphatic rings. The number of carbonyl (C=O) groups is 6. The summed E-state index contributed by atoms with van der Waals surface area (Å²) in [6.45, 7) is 16.7. The van der Waals surface area contributed by atoms with Gasteiger partial charge >= 0.3 is 6.03 Å². The Morgan fingerprint density at radius 3 is 2.25 bits per heavy atom. The fraction of sp³-hybridized carbons (Fsp3) is 0.692. The third-order valence-corrected chi connectivity index (χ3v) is 10.3. The van der Waals surface area contributed by atoms with E-state index in [0.29, 0.717) is 32.4 Å². The van der Waals surface area contributed by atoms with E-state index in [2.05, 4.69) is 44.0 Å². The molecule has 0 spiro atoms. The summed E-state index contributed by atoms with van der Waals surface area (Å²) >= 11 is 0. The van der Waals surface area contributed by atoms with Crippen LogP contribution in [0.3, 0.4) is 0 Å². The van der Waals surface area contributed by atoms with E-state index in [0.717, 1.165) is 43.4 Å². The van der Waals surface area contributed by atoms with E-state index in [1.54, 1.807) is 0 Å². The van der Waals surface area contributed by atoms with Crippen molar-refractivity contribution in [3.8, 4) is 12.3 Å². The second-order valence-electron chi connectivity index (χ2n) is 16.4. The minimum absolute atomic E-state index is 0.0708. The predicted molar refractivity (Wildman–Crippen MR) is 201 cm³/mol. The van der Waals surface area contributed by atoms with Crippen molar-refractivity contribution in [2.24, 2.45) is 16.7 Å². The number of ketones is 2. The lowest BCUT2D eigenvalue weighted by Crippen LogP contribution is -2.61. The number of allylic oxidation sites excluding steroid dienone is 2. The van der Waals surface area contributed by atoms with Gasteiger partial charge in [0.1, 0.15) is 18.1 Å². The van der Waals surface area contributed by atoms with Gasteiger partial charge in [-0.3, -0.25) is 24.0 Å². The number of carbonyl (C=O) groups excluding carboxylic acids is 6. The third kappa shape index (κ3) is 11.2. The Balaban J connectivity index is 1.79. The normalized spacial score (nSPS) is 19.8. The molecule has 1 heterocycles. The molecule has 4 atom stereocenters. The van der Waals surface area contributed by atoms with Gasteiger partial charge in [-0.1, -0.05) is 72.8 Å². The van der Waals surface area contributed by atoms with E-state index >= 15 is 0 Å². The number of nitrogens with zero attached hydrogens (tertiary/aromatic N) is 2. The van der Waals surface area contributed by atoms with Crippen LogP contribution in [0.2, 0.25) is 0 Å². The summed E-state index contributed by atoms with van der Waals surface area (Å²) in [5, 5.41) is 14.2. The first-order valence-electron chi connectivity index (χ1n) is 18.6. The molecule has 2 fully saturated rings. The average Bonchev–Trinajstić information content (AvgIpc) is 3.56. The zero-order valence-corrected chi connectivity index (χ0v) is 32.3. The molecule has 288 valence electrons. The highest BCUT2D eigenvalue weighted by Crippen LogP contribution is 2.40. The number of hydrogen-bond donors (Lipinski definition) is 5. The summed E-state index contributed by atoms with van der Waals surface area (Å²) in [6, 6.07) is -3.74. The number of nitrogens with one attached hydrogen (secondary N) is 5. The van der Waals surface area contributed by atoms with Crippen LogP contribution >= 0.6 is 0 Å². The number of Topliss-reactive ketones (excluding diaryl/α,β-unsaturated/α-hetero) is 2. The number of terminal acetylenes is 1. The molecular weight excluding hydrogens is 662 g/mol. The Labute approximate surface area is 309 Å². The number of hydrogen-bond acceptors (Lipinski definition) is 8. The van der Waals surface area contributed by atoms with Crippen molar-refractivity contribution in [3.05, 3.63) is 23.9 Å². The summed E-state index contributed by atoms with van der Waals surface area (Å²) in [7, 11) is 1.94. The van der Waals surface area contributed by atoms with Gasteiger partial charge < -0.3 is 36.4 Å². The monoisotopic (exact) mass is 723 g/mol. The first-order chi connectivity index (χ1) is 24.4. The maximum absolute atomic E-state index is 14.4. The van der Waals surface area contributed by atoms with Gasteiger partial charge in [0, 0.05) is 44.5 Å². The van der Waals surface area contributed by atoms with Crippen LogP contribution in [-0.2, 0) is 24.0 Å². The number of likely N-dealkylation sites (N-methyl/N-ethyl adjacent to an activating group) is 1. The van der Waals surface area contributed by atoms with Crippen molar-refractivity contribution in [2.75, 3.05) is 39.8 Å². The van der Waals surface area contributed by atoms with Crippen molar-refractivity contribution in [3.63, 3.8) is 0 Å². The van der Waals surface area contributed by atoms with Crippen molar-refractivity contribution in [1.82, 2.24) is 36.4 Å². The van der Waals surface area contributed by atoms with Gasteiger partial charge in [-0.15, -0.1) is 13.0 Å². The van der Waals surface area contributed by atoms with Crippen molar-refractivity contribution in [2.45, 2.75) is 117 Å². The quantitative estimate of drug-likeness (QED) is 0.0701. The Hall–Kier alpha value is -4.18. The molecule has 0 radical (unpaired) electrons. The molecule has 0 aromatic heterocycles. The molecule has 13 nitrogen and oxygen atoms in total. The number of urea groups is 1. The summed E-state index contributed by atoms with van der Waals surface area (Å²) in [6.07, 6.45) is 12.5. The maximum atomic E-state index is 14.4. The molecule has 0 aromatic carbocycles. The standard InChI is InChI=1S/C39H61N7O6/c1-10-19-40-23-26(33(48)35(50)41-20-11-2)42-34(49)27-18-15-21-46(27)36(51)32(25-16-13-12-14-17-25)44-37(52)43-30(38(3,4)5)24-45(9)28-22-29(47)31(28)39(6,7)8/h1,11,25-27,30,32,40H,2,12-24H2,3-9H3,(H,41,50)(H,42,49)(H2,43,44,52)/t26?,27-,30?,32?/m0/s1. The summed E-state index contributed by atoms with van der Waals surface area (Å²) in [5.74, 6) is -0.162. The lowest BCUT2D eigenvalue weighted by molar-refractivity contribution is -0.143. The SMILES string of the molecule is C#CCNCC(NC(=O)[C@@H]1CCCN1C(=O)C(NC(=O)NC(CN(C)C1=C(C(C)(C)C)C(=O)C1)C(C)(C)C)C1CCCCC1)C(=O)C(=O)NCC=C. The van der Waals surface area contributed by atoms with Crippen LogP contribution < -0.4 is 26.6 Å². The van der Waals surface area contributed by atoms with E-state index in [4.69, 9.17) is 6.42 Å². The molecule has 1 saturated heterocycles. The van der Waals surface area contributed by atoms with E-state index < -0.39 is 41.8 Å². The molecule has 13 heteroatoms. The van der Waals surface area contributed by atoms with Crippen LogP contribution in [0.4, 0.5) is 4.79 Å². The van der Waals surface area contributed by atoms with Gasteiger partial charge in [-0.25, -0.2) is 4.79 Å². The highest BCUT2D eigenvalue weighted by Gasteiger charge is 2.43. The van der Waals surface area contributed by atoms with Gasteiger partial charge in [-0.2, -0.15) is 0 Å². The molecule has 0 bridgehead atoms. The van der Waals surface area contributed by atoms with Crippen LogP contribution in [0.15, 0.2) is 23.9 Å². The van der Waals surface area contributed by atoms with Crippen LogP contribution in [0.1, 0.15) is 92.9 Å². The fourth-order valence-electron chi connectivity index (χ4n) is 7.33. The third-order valence-electron chi connectivity index (χ3n) is 10.3. The summed E-state index contributed by atoms with van der Waals surface area (Å²) in [4.78, 5) is 83.4. The van der Waals surface area contributed by atoms with Crippen molar-refractivity contribution >= 4 is 35.3 Å². The lowest BCUT2D eigenvalue weighted by Gasteiger charge is -2.41.